The molecule has 0 bridgehead atoms. The number of rotatable bonds is 4. The van der Waals surface area contributed by atoms with E-state index in [1.165, 1.54) is 14.0 Å². The third kappa shape index (κ3) is 4.08. The second kappa shape index (κ2) is 5.73. The number of aliphatic hydroxyl groups is 1. The number of hydrogen-bond donors (Lipinski definition) is 2. The minimum atomic E-state index is -4.40. The number of hydrogen-bond acceptors (Lipinski definition) is 4. The normalized spacial score (nSPS) is 24.0. The fourth-order valence-corrected chi connectivity index (χ4v) is 2.42. The maximum atomic E-state index is 12.9. The maximum Gasteiger partial charge on any atom is 0.405 e. The molecule has 3 N–H and O–H groups in total. The van der Waals surface area contributed by atoms with Gasteiger partial charge in [0.2, 0.25) is 0 Å². The van der Waals surface area contributed by atoms with Crippen molar-refractivity contribution in [3.8, 4) is 0 Å². The van der Waals surface area contributed by atoms with Crippen molar-refractivity contribution in [2.24, 2.45) is 5.73 Å². The molecule has 0 aromatic heterocycles. The van der Waals surface area contributed by atoms with Gasteiger partial charge in [-0.2, -0.15) is 13.2 Å². The van der Waals surface area contributed by atoms with Crippen LogP contribution in [-0.2, 0) is 4.74 Å². The molecule has 0 aromatic carbocycles. The highest BCUT2D eigenvalue weighted by molar-refractivity contribution is 4.90. The van der Waals surface area contributed by atoms with E-state index in [2.05, 4.69) is 0 Å². The van der Waals surface area contributed by atoms with Gasteiger partial charge in [0, 0.05) is 38.6 Å². The van der Waals surface area contributed by atoms with Crippen LogP contribution in [-0.4, -0.2) is 60.7 Å². The number of nitrogens with zero attached hydrogens (tertiary/aromatic N) is 1. The molecule has 0 amide bonds. The van der Waals surface area contributed by atoms with E-state index < -0.39 is 23.9 Å². The zero-order valence-electron chi connectivity index (χ0n) is 10.7. The van der Waals surface area contributed by atoms with Gasteiger partial charge in [-0.15, -0.1) is 0 Å². The Morgan fingerprint density at radius 2 is 1.89 bits per heavy atom. The van der Waals surface area contributed by atoms with Gasteiger partial charge in [0.25, 0.3) is 0 Å². The molecule has 18 heavy (non-hydrogen) atoms. The molecule has 0 radical (unpaired) electrons. The average Bonchev–Trinajstić information content (AvgIpc) is 2.13. The number of nitrogens with two attached hydrogens (primary N) is 1. The molecule has 1 aliphatic heterocycles. The smallest absolute Gasteiger partial charge is 0.388 e. The van der Waals surface area contributed by atoms with Gasteiger partial charge in [-0.25, -0.2) is 0 Å². The summed E-state index contributed by atoms with van der Waals surface area (Å²) in [6, 6.07) is -2.79. The van der Waals surface area contributed by atoms with Crippen molar-refractivity contribution in [3.05, 3.63) is 0 Å². The Labute approximate surface area is 105 Å². The lowest BCUT2D eigenvalue weighted by molar-refractivity contribution is -0.193. The molecule has 1 rings (SSSR count). The van der Waals surface area contributed by atoms with Crippen LogP contribution < -0.4 is 5.73 Å². The van der Waals surface area contributed by atoms with Crippen LogP contribution in [0.3, 0.4) is 0 Å². The lowest BCUT2D eigenvalue weighted by atomic mass is 9.93. The van der Waals surface area contributed by atoms with Crippen LogP contribution in [0.25, 0.3) is 0 Å². The molecular weight excluding hydrogens is 249 g/mol. The Morgan fingerprint density at radius 1 is 1.39 bits per heavy atom. The Morgan fingerprint density at radius 3 is 2.28 bits per heavy atom. The van der Waals surface area contributed by atoms with Gasteiger partial charge in [-0.05, 0) is 14.0 Å². The predicted molar refractivity (Wildman–Crippen MR) is 61.1 cm³/mol. The van der Waals surface area contributed by atoms with Crippen LogP contribution >= 0.6 is 0 Å². The average molecular weight is 270 g/mol. The van der Waals surface area contributed by atoms with Gasteiger partial charge >= 0.3 is 6.18 Å². The molecule has 1 aliphatic rings. The van der Waals surface area contributed by atoms with Gasteiger partial charge in [-0.3, -0.25) is 4.90 Å². The monoisotopic (exact) mass is 270 g/mol. The quantitative estimate of drug-likeness (QED) is 0.791. The lowest BCUT2D eigenvalue weighted by Gasteiger charge is -2.40. The topological polar surface area (TPSA) is 58.7 Å². The van der Waals surface area contributed by atoms with E-state index in [1.807, 2.05) is 0 Å². The van der Waals surface area contributed by atoms with E-state index >= 15 is 0 Å². The SMILES string of the molecule is CC(N)C(N(C)CC1(O)CCOCC1)C(F)(F)F. The third-order valence-corrected chi connectivity index (χ3v) is 3.28. The van der Waals surface area contributed by atoms with Crippen LogP contribution in [0.1, 0.15) is 19.8 Å². The first-order valence-corrected chi connectivity index (χ1v) is 5.98. The van der Waals surface area contributed by atoms with Gasteiger partial charge in [0.15, 0.2) is 0 Å². The molecule has 108 valence electrons. The Balaban J connectivity index is 2.69. The highest BCUT2D eigenvalue weighted by atomic mass is 19.4. The van der Waals surface area contributed by atoms with Gasteiger partial charge in [0.1, 0.15) is 6.04 Å². The largest absolute Gasteiger partial charge is 0.405 e. The highest BCUT2D eigenvalue weighted by Crippen LogP contribution is 2.29. The zero-order chi connectivity index (χ0) is 14.0. The molecule has 0 aliphatic carbocycles. The van der Waals surface area contributed by atoms with E-state index in [0.717, 1.165) is 4.90 Å². The first-order chi connectivity index (χ1) is 8.16. The van der Waals surface area contributed by atoms with Gasteiger partial charge in [-0.1, -0.05) is 0 Å². The number of halogens is 3. The van der Waals surface area contributed by atoms with Crippen LogP contribution in [0.5, 0.6) is 0 Å². The lowest BCUT2D eigenvalue weighted by Crippen LogP contribution is -2.58. The fraction of sp³-hybridized carbons (Fsp3) is 1.00. The molecule has 7 heteroatoms. The molecule has 1 fully saturated rings. The van der Waals surface area contributed by atoms with Crippen molar-refractivity contribution in [1.29, 1.82) is 0 Å². The Hall–Kier alpha value is -0.370. The summed E-state index contributed by atoms with van der Waals surface area (Å²) < 4.78 is 43.7. The van der Waals surface area contributed by atoms with E-state index in [-0.39, 0.29) is 6.54 Å². The van der Waals surface area contributed by atoms with E-state index in [4.69, 9.17) is 10.5 Å². The van der Waals surface area contributed by atoms with Crippen molar-refractivity contribution < 1.29 is 23.0 Å². The molecule has 1 saturated heterocycles. The van der Waals surface area contributed by atoms with Crippen LogP contribution in [0, 0.1) is 0 Å². The Kier molecular flexibility index (Phi) is 4.99. The number of ether oxygens (including phenoxy) is 1. The summed E-state index contributed by atoms with van der Waals surface area (Å²) in [5.74, 6) is 0. The third-order valence-electron chi connectivity index (χ3n) is 3.28. The Bertz CT molecular complexity index is 266. The second-order valence-electron chi connectivity index (χ2n) is 5.10. The molecule has 2 atom stereocenters. The van der Waals surface area contributed by atoms with Crippen LogP contribution in [0.2, 0.25) is 0 Å². The summed E-state index contributed by atoms with van der Waals surface area (Å²) in [6.45, 7) is 2.02. The minimum Gasteiger partial charge on any atom is -0.388 e. The highest BCUT2D eigenvalue weighted by Gasteiger charge is 2.46. The first-order valence-electron chi connectivity index (χ1n) is 5.98. The minimum absolute atomic E-state index is 0.0535. The van der Waals surface area contributed by atoms with Gasteiger partial charge in [0.05, 0.1) is 5.60 Å². The van der Waals surface area contributed by atoms with Crippen molar-refractivity contribution in [2.75, 3.05) is 26.8 Å². The van der Waals surface area contributed by atoms with Crippen LogP contribution in [0.4, 0.5) is 13.2 Å². The van der Waals surface area contributed by atoms with Crippen molar-refractivity contribution in [2.45, 2.75) is 43.6 Å². The zero-order valence-corrected chi connectivity index (χ0v) is 10.7. The fourth-order valence-electron chi connectivity index (χ4n) is 2.42. The maximum absolute atomic E-state index is 12.9. The summed E-state index contributed by atoms with van der Waals surface area (Å²) in [6.07, 6.45) is -3.70. The molecule has 4 nitrogen and oxygen atoms in total. The molecule has 0 spiro atoms. The summed E-state index contributed by atoms with van der Waals surface area (Å²) in [4.78, 5) is 1.09. The van der Waals surface area contributed by atoms with E-state index in [1.54, 1.807) is 0 Å². The van der Waals surface area contributed by atoms with E-state index in [0.29, 0.717) is 26.1 Å². The van der Waals surface area contributed by atoms with Crippen LogP contribution in [0.15, 0.2) is 0 Å². The molecule has 1 heterocycles. The first kappa shape index (κ1) is 15.7. The molecule has 2 unspecified atom stereocenters. The number of alkyl halides is 3. The summed E-state index contributed by atoms with van der Waals surface area (Å²) in [5.41, 5.74) is 4.28. The number of likely N-dealkylation sites (N-methyl/N-ethyl adjacent to an activating group) is 1. The molecular formula is C11H21F3N2O2. The van der Waals surface area contributed by atoms with Crippen molar-refractivity contribution in [3.63, 3.8) is 0 Å². The standard InChI is InChI=1S/C11H21F3N2O2/c1-8(15)9(11(12,13)14)16(2)7-10(17)3-5-18-6-4-10/h8-9,17H,3-7,15H2,1-2H3. The molecule has 0 aromatic rings. The summed E-state index contributed by atoms with van der Waals surface area (Å²) in [7, 11) is 1.34. The van der Waals surface area contributed by atoms with E-state index in [9.17, 15) is 18.3 Å². The van der Waals surface area contributed by atoms with Crippen molar-refractivity contribution >= 4 is 0 Å². The predicted octanol–water partition coefficient (Wildman–Crippen LogP) is 0.738. The second-order valence-corrected chi connectivity index (χ2v) is 5.10. The van der Waals surface area contributed by atoms with Gasteiger partial charge < -0.3 is 15.6 Å². The van der Waals surface area contributed by atoms with Crippen molar-refractivity contribution in [1.82, 2.24) is 4.90 Å². The molecule has 0 saturated carbocycles. The summed E-state index contributed by atoms with van der Waals surface area (Å²) >= 11 is 0. The summed E-state index contributed by atoms with van der Waals surface area (Å²) in [5, 5.41) is 10.2.